The van der Waals surface area contributed by atoms with Crippen LogP contribution in [0.3, 0.4) is 0 Å². The number of nitrogens with zero attached hydrogens (tertiary/aromatic N) is 2. The first-order chi connectivity index (χ1) is 15.2. The van der Waals surface area contributed by atoms with E-state index >= 15 is 8.78 Å². The summed E-state index contributed by atoms with van der Waals surface area (Å²) in [6.07, 6.45) is 13.9. The van der Waals surface area contributed by atoms with Crippen molar-refractivity contribution in [2.45, 2.75) is 51.0 Å². The van der Waals surface area contributed by atoms with Crippen molar-refractivity contribution in [3.63, 3.8) is 0 Å². The van der Waals surface area contributed by atoms with Crippen molar-refractivity contribution in [3.05, 3.63) is 53.1 Å². The van der Waals surface area contributed by atoms with E-state index in [9.17, 15) is 0 Å². The maximum atomic E-state index is 15.0. The summed E-state index contributed by atoms with van der Waals surface area (Å²) in [6, 6.07) is 2.70. The zero-order valence-corrected chi connectivity index (χ0v) is 18.3. The minimum atomic E-state index is -0.671. The van der Waals surface area contributed by atoms with Gasteiger partial charge >= 0.3 is 0 Å². The molecule has 2 aromatic heterocycles. The van der Waals surface area contributed by atoms with E-state index in [1.807, 2.05) is 4.40 Å². The number of hydrogen-bond donors (Lipinski definition) is 1. The van der Waals surface area contributed by atoms with E-state index in [1.165, 1.54) is 42.6 Å². The number of thiazole rings is 1. The summed E-state index contributed by atoms with van der Waals surface area (Å²) in [5.41, 5.74) is 2.46. The van der Waals surface area contributed by atoms with Gasteiger partial charge in [0.2, 0.25) is 0 Å². The molecule has 1 fully saturated rings. The van der Waals surface area contributed by atoms with E-state index in [1.54, 1.807) is 0 Å². The van der Waals surface area contributed by atoms with Crippen molar-refractivity contribution in [2.24, 2.45) is 0 Å². The quantitative estimate of drug-likeness (QED) is 0.472. The topological polar surface area (TPSA) is 38.6 Å². The predicted octanol–water partition coefficient (Wildman–Crippen LogP) is 6.83. The maximum absolute atomic E-state index is 15.0. The average Bonchev–Trinajstić information content (AvgIpc) is 3.35. The van der Waals surface area contributed by atoms with Crippen LogP contribution in [0.15, 0.2) is 35.7 Å². The Bertz CT molecular complexity index is 1150. The van der Waals surface area contributed by atoms with Gasteiger partial charge in [-0.2, -0.15) is 0 Å². The van der Waals surface area contributed by atoms with Gasteiger partial charge in [-0.15, -0.1) is 11.3 Å². The van der Waals surface area contributed by atoms with E-state index in [-0.39, 0.29) is 17.4 Å². The molecule has 1 aromatic carbocycles. The minimum Gasteiger partial charge on any atom is -0.497 e. The molecule has 162 valence electrons. The van der Waals surface area contributed by atoms with Crippen LogP contribution < -0.4 is 10.1 Å². The number of rotatable bonds is 5. The highest BCUT2D eigenvalue weighted by atomic mass is 32.1. The molecule has 2 aliphatic rings. The van der Waals surface area contributed by atoms with Crippen LogP contribution in [0.2, 0.25) is 0 Å². The largest absolute Gasteiger partial charge is 0.497 e. The first-order valence-corrected chi connectivity index (χ1v) is 11.7. The summed E-state index contributed by atoms with van der Waals surface area (Å²) in [7, 11) is 1.40. The zero-order valence-electron chi connectivity index (χ0n) is 17.5. The second kappa shape index (κ2) is 8.46. The molecule has 0 saturated heterocycles. The molecule has 7 heteroatoms. The van der Waals surface area contributed by atoms with Gasteiger partial charge in [0.1, 0.15) is 28.9 Å². The molecule has 4 nitrogen and oxygen atoms in total. The third-order valence-corrected chi connectivity index (χ3v) is 6.97. The van der Waals surface area contributed by atoms with Crippen molar-refractivity contribution >= 4 is 27.7 Å². The number of methoxy groups -OCH3 is 1. The molecular formula is C24H25F2N3OS. The summed E-state index contributed by atoms with van der Waals surface area (Å²) in [5.74, 6) is -0.510. The fourth-order valence-corrected chi connectivity index (χ4v) is 5.45. The summed E-state index contributed by atoms with van der Waals surface area (Å²) in [4.78, 5) is 5.42. The molecule has 31 heavy (non-hydrogen) atoms. The van der Waals surface area contributed by atoms with Gasteiger partial charge in [-0.05, 0) is 31.3 Å². The smallest absolute Gasteiger partial charge is 0.196 e. The van der Waals surface area contributed by atoms with Crippen LogP contribution in [-0.2, 0) is 0 Å². The Morgan fingerprint density at radius 2 is 1.94 bits per heavy atom. The predicted molar refractivity (Wildman–Crippen MR) is 122 cm³/mol. The van der Waals surface area contributed by atoms with Gasteiger partial charge in [0.05, 0.1) is 18.4 Å². The monoisotopic (exact) mass is 441 g/mol. The molecule has 3 aromatic rings. The first-order valence-electron chi connectivity index (χ1n) is 10.8. The highest BCUT2D eigenvalue weighted by molar-refractivity contribution is 7.15. The van der Waals surface area contributed by atoms with Crippen LogP contribution in [0.5, 0.6) is 5.75 Å². The summed E-state index contributed by atoms with van der Waals surface area (Å²) < 4.78 is 37.1. The lowest BCUT2D eigenvalue weighted by atomic mass is 9.95. The Balaban J connectivity index is 1.69. The number of hydrogen-bond acceptors (Lipinski definition) is 4. The lowest BCUT2D eigenvalue weighted by Gasteiger charge is -2.24. The van der Waals surface area contributed by atoms with Crippen LogP contribution in [0.4, 0.5) is 14.6 Å². The number of fused-ring (bicyclic) bond motifs is 1. The maximum Gasteiger partial charge on any atom is 0.196 e. The lowest BCUT2D eigenvalue weighted by molar-refractivity contribution is 0.407. The van der Waals surface area contributed by atoms with Gasteiger partial charge < -0.3 is 10.1 Å². The molecule has 0 aliphatic heterocycles. The molecule has 2 heterocycles. The SMILES string of the molecule is COc1cc(F)c(-c2nc3scc(C4=CC=CCC4)n3c2NC2CCCCC2)c(F)c1. The van der Waals surface area contributed by atoms with Gasteiger partial charge in [0.25, 0.3) is 0 Å². The molecule has 0 unspecified atom stereocenters. The minimum absolute atomic E-state index is 0.113. The molecule has 0 atom stereocenters. The van der Waals surface area contributed by atoms with Crippen LogP contribution >= 0.6 is 11.3 Å². The fourth-order valence-electron chi connectivity index (χ4n) is 4.54. The van der Waals surface area contributed by atoms with Crippen molar-refractivity contribution in [1.29, 1.82) is 0 Å². The van der Waals surface area contributed by atoms with Gasteiger partial charge in [0, 0.05) is 23.6 Å². The molecule has 1 saturated carbocycles. The number of halogens is 2. The number of benzene rings is 1. The summed E-state index contributed by atoms with van der Waals surface area (Å²) >= 11 is 1.50. The number of aromatic nitrogens is 2. The Hall–Kier alpha value is -2.67. The van der Waals surface area contributed by atoms with Crippen LogP contribution in [0, 0.1) is 11.6 Å². The van der Waals surface area contributed by atoms with Crippen molar-refractivity contribution < 1.29 is 13.5 Å². The Morgan fingerprint density at radius 3 is 2.61 bits per heavy atom. The molecule has 0 bridgehead atoms. The van der Waals surface area contributed by atoms with Crippen molar-refractivity contribution in [1.82, 2.24) is 9.38 Å². The average molecular weight is 442 g/mol. The Labute approximate surface area is 184 Å². The van der Waals surface area contributed by atoms with E-state index in [0.29, 0.717) is 11.5 Å². The lowest BCUT2D eigenvalue weighted by Crippen LogP contribution is -2.23. The van der Waals surface area contributed by atoms with E-state index in [2.05, 4.69) is 28.9 Å². The van der Waals surface area contributed by atoms with Gasteiger partial charge in [-0.25, -0.2) is 13.8 Å². The second-order valence-corrected chi connectivity index (χ2v) is 8.99. The molecule has 0 spiro atoms. The Morgan fingerprint density at radius 1 is 1.16 bits per heavy atom. The molecule has 0 radical (unpaired) electrons. The van der Waals surface area contributed by atoms with Crippen molar-refractivity contribution in [3.8, 4) is 17.0 Å². The fraction of sp³-hybridized carbons (Fsp3) is 0.375. The standard InChI is InChI=1S/C24H25F2N3OS/c1-30-17-12-18(25)21(19(26)13-17)22-23(27-16-10-6-3-7-11-16)29-20(14-31-24(29)28-22)15-8-4-2-5-9-15/h2,4,8,12-14,16,27H,3,5-7,9-11H2,1H3. The molecule has 0 amide bonds. The summed E-state index contributed by atoms with van der Waals surface area (Å²) in [6.45, 7) is 0. The zero-order chi connectivity index (χ0) is 21.4. The van der Waals surface area contributed by atoms with Gasteiger partial charge in [-0.3, -0.25) is 4.40 Å². The van der Waals surface area contributed by atoms with Crippen LogP contribution in [0.1, 0.15) is 50.6 Å². The first kappa shape index (κ1) is 20.2. The van der Waals surface area contributed by atoms with Gasteiger partial charge in [0.15, 0.2) is 4.96 Å². The molecule has 1 N–H and O–H groups in total. The molecule has 5 rings (SSSR count). The summed E-state index contributed by atoms with van der Waals surface area (Å²) in [5, 5.41) is 5.70. The second-order valence-electron chi connectivity index (χ2n) is 8.15. The number of anilines is 1. The van der Waals surface area contributed by atoms with Gasteiger partial charge in [-0.1, -0.05) is 37.5 Å². The third kappa shape index (κ3) is 3.76. The third-order valence-electron chi connectivity index (χ3n) is 6.14. The number of imidazole rings is 1. The van der Waals surface area contributed by atoms with E-state index in [0.717, 1.165) is 49.2 Å². The highest BCUT2D eigenvalue weighted by Gasteiger charge is 2.27. The number of allylic oxidation sites excluding steroid dienone is 4. The number of nitrogens with one attached hydrogen (secondary N) is 1. The Kier molecular flexibility index (Phi) is 5.52. The normalized spacial score (nSPS) is 17.2. The molecular weight excluding hydrogens is 416 g/mol. The van der Waals surface area contributed by atoms with E-state index in [4.69, 9.17) is 9.72 Å². The number of ether oxygens (including phenoxy) is 1. The molecule has 2 aliphatic carbocycles. The van der Waals surface area contributed by atoms with E-state index < -0.39 is 11.6 Å². The van der Waals surface area contributed by atoms with Crippen LogP contribution in [-0.4, -0.2) is 22.5 Å². The van der Waals surface area contributed by atoms with Crippen molar-refractivity contribution in [2.75, 3.05) is 12.4 Å². The van der Waals surface area contributed by atoms with Crippen LogP contribution in [0.25, 0.3) is 21.8 Å². The highest BCUT2D eigenvalue weighted by Crippen LogP contribution is 2.40.